The van der Waals surface area contributed by atoms with E-state index in [0.29, 0.717) is 0 Å². The molecule has 4 aromatic rings. The standard InChI is InChI=1S/C26H28N2/c1-26(2,3)22-15-12-19(13-16-22)8-7-11-25-27-23-17-14-21(18-24(23)28-25)20-9-5-4-6-10-20/h4-6,9-10,12-18H,7-8,11H2,1-3H3,(H,27,28). The monoisotopic (exact) mass is 368 g/mol. The van der Waals surface area contributed by atoms with Crippen LogP contribution in [0.25, 0.3) is 22.2 Å². The van der Waals surface area contributed by atoms with Crippen molar-refractivity contribution in [1.29, 1.82) is 0 Å². The molecule has 0 spiro atoms. The normalized spacial score (nSPS) is 11.8. The molecule has 0 aliphatic carbocycles. The van der Waals surface area contributed by atoms with Crippen LogP contribution in [0.15, 0.2) is 72.8 Å². The molecule has 1 N–H and O–H groups in total. The summed E-state index contributed by atoms with van der Waals surface area (Å²) in [5, 5.41) is 0. The first-order valence-electron chi connectivity index (χ1n) is 10.1. The number of H-pyrrole nitrogens is 1. The van der Waals surface area contributed by atoms with Crippen molar-refractivity contribution in [3.63, 3.8) is 0 Å². The van der Waals surface area contributed by atoms with Crippen LogP contribution in [0.5, 0.6) is 0 Å². The van der Waals surface area contributed by atoms with Gasteiger partial charge < -0.3 is 4.98 Å². The molecule has 0 saturated heterocycles. The number of nitrogens with one attached hydrogen (secondary N) is 1. The van der Waals surface area contributed by atoms with E-state index in [1.54, 1.807) is 0 Å². The maximum absolute atomic E-state index is 4.77. The summed E-state index contributed by atoms with van der Waals surface area (Å²) >= 11 is 0. The quantitative estimate of drug-likeness (QED) is 0.417. The predicted octanol–water partition coefficient (Wildman–Crippen LogP) is 6.70. The van der Waals surface area contributed by atoms with E-state index in [1.165, 1.54) is 22.3 Å². The average Bonchev–Trinajstić information content (AvgIpc) is 3.10. The topological polar surface area (TPSA) is 28.7 Å². The molecule has 0 bridgehead atoms. The van der Waals surface area contributed by atoms with Crippen LogP contribution in [0.1, 0.15) is 44.1 Å². The first-order chi connectivity index (χ1) is 13.5. The molecule has 1 aromatic heterocycles. The van der Waals surface area contributed by atoms with Gasteiger partial charge in [-0.3, -0.25) is 0 Å². The van der Waals surface area contributed by atoms with Crippen molar-refractivity contribution in [3.05, 3.63) is 89.7 Å². The second-order valence-electron chi connectivity index (χ2n) is 8.58. The lowest BCUT2D eigenvalue weighted by Gasteiger charge is -2.19. The van der Waals surface area contributed by atoms with Crippen LogP contribution in [0.2, 0.25) is 0 Å². The van der Waals surface area contributed by atoms with Gasteiger partial charge in [-0.2, -0.15) is 0 Å². The number of aromatic nitrogens is 2. The summed E-state index contributed by atoms with van der Waals surface area (Å²) in [7, 11) is 0. The Bertz CT molecular complexity index is 1050. The molecule has 0 unspecified atom stereocenters. The third-order valence-electron chi connectivity index (χ3n) is 5.34. The highest BCUT2D eigenvalue weighted by molar-refractivity contribution is 5.81. The smallest absolute Gasteiger partial charge is 0.107 e. The van der Waals surface area contributed by atoms with Crippen molar-refractivity contribution < 1.29 is 0 Å². The minimum absolute atomic E-state index is 0.214. The van der Waals surface area contributed by atoms with E-state index in [2.05, 4.69) is 92.5 Å². The molecular formula is C26H28N2. The molecule has 0 fully saturated rings. The van der Waals surface area contributed by atoms with E-state index in [1.807, 2.05) is 6.07 Å². The van der Waals surface area contributed by atoms with Gasteiger partial charge in [0.05, 0.1) is 11.0 Å². The fourth-order valence-corrected chi connectivity index (χ4v) is 3.62. The van der Waals surface area contributed by atoms with Crippen LogP contribution >= 0.6 is 0 Å². The number of aromatic amines is 1. The zero-order valence-electron chi connectivity index (χ0n) is 17.0. The first kappa shape index (κ1) is 18.5. The fraction of sp³-hybridized carbons (Fsp3) is 0.269. The maximum Gasteiger partial charge on any atom is 0.107 e. The van der Waals surface area contributed by atoms with E-state index in [-0.39, 0.29) is 5.41 Å². The van der Waals surface area contributed by atoms with E-state index in [4.69, 9.17) is 4.98 Å². The summed E-state index contributed by atoms with van der Waals surface area (Å²) in [4.78, 5) is 8.28. The number of fused-ring (bicyclic) bond motifs is 1. The Balaban J connectivity index is 1.41. The van der Waals surface area contributed by atoms with Gasteiger partial charge in [0.25, 0.3) is 0 Å². The van der Waals surface area contributed by atoms with Crippen molar-refractivity contribution in [2.75, 3.05) is 0 Å². The molecule has 2 nitrogen and oxygen atoms in total. The highest BCUT2D eigenvalue weighted by Crippen LogP contribution is 2.24. The molecule has 28 heavy (non-hydrogen) atoms. The van der Waals surface area contributed by atoms with Crippen molar-refractivity contribution in [1.82, 2.24) is 9.97 Å². The van der Waals surface area contributed by atoms with E-state index in [0.717, 1.165) is 36.1 Å². The highest BCUT2D eigenvalue weighted by atomic mass is 14.9. The summed E-state index contributed by atoms with van der Waals surface area (Å²) in [6.45, 7) is 6.77. The summed E-state index contributed by atoms with van der Waals surface area (Å²) < 4.78 is 0. The van der Waals surface area contributed by atoms with Crippen molar-refractivity contribution >= 4 is 11.0 Å². The maximum atomic E-state index is 4.77. The molecule has 0 aliphatic rings. The van der Waals surface area contributed by atoms with Crippen LogP contribution < -0.4 is 0 Å². The molecule has 0 amide bonds. The molecular weight excluding hydrogens is 340 g/mol. The molecule has 2 heteroatoms. The van der Waals surface area contributed by atoms with Crippen molar-refractivity contribution in [2.45, 2.75) is 45.4 Å². The zero-order chi connectivity index (χ0) is 19.6. The number of hydrogen-bond acceptors (Lipinski definition) is 1. The zero-order valence-corrected chi connectivity index (χ0v) is 17.0. The Morgan fingerprint density at radius 2 is 1.54 bits per heavy atom. The van der Waals surface area contributed by atoms with Crippen LogP contribution in [0, 0.1) is 0 Å². The van der Waals surface area contributed by atoms with Gasteiger partial charge in [-0.1, -0.05) is 81.4 Å². The lowest BCUT2D eigenvalue weighted by atomic mass is 9.86. The lowest BCUT2D eigenvalue weighted by molar-refractivity contribution is 0.590. The summed E-state index contributed by atoms with van der Waals surface area (Å²) in [6.07, 6.45) is 3.15. The number of aryl methyl sites for hydroxylation is 2. The largest absolute Gasteiger partial charge is 0.342 e. The molecule has 4 rings (SSSR count). The third-order valence-corrected chi connectivity index (χ3v) is 5.34. The fourth-order valence-electron chi connectivity index (χ4n) is 3.62. The molecule has 0 aliphatic heterocycles. The minimum atomic E-state index is 0.214. The second kappa shape index (κ2) is 7.63. The van der Waals surface area contributed by atoms with Crippen LogP contribution in [0.3, 0.4) is 0 Å². The van der Waals surface area contributed by atoms with Gasteiger partial charge in [0.2, 0.25) is 0 Å². The van der Waals surface area contributed by atoms with E-state index < -0.39 is 0 Å². The Labute approximate surface area is 167 Å². The summed E-state index contributed by atoms with van der Waals surface area (Å²) in [5.41, 5.74) is 7.63. The SMILES string of the molecule is CC(C)(C)c1ccc(CCCc2nc3ccc(-c4ccccc4)cc3[nH]2)cc1. The van der Waals surface area contributed by atoms with Gasteiger partial charge in [-0.25, -0.2) is 4.98 Å². The molecule has 3 aromatic carbocycles. The molecule has 0 radical (unpaired) electrons. The molecule has 0 atom stereocenters. The Kier molecular flexibility index (Phi) is 5.04. The number of hydrogen-bond donors (Lipinski definition) is 1. The number of nitrogens with zero attached hydrogens (tertiary/aromatic N) is 1. The predicted molar refractivity (Wildman–Crippen MR) is 119 cm³/mol. The minimum Gasteiger partial charge on any atom is -0.342 e. The Hall–Kier alpha value is -2.87. The van der Waals surface area contributed by atoms with Crippen LogP contribution in [0.4, 0.5) is 0 Å². The molecule has 1 heterocycles. The highest BCUT2D eigenvalue weighted by Gasteiger charge is 2.12. The van der Waals surface area contributed by atoms with E-state index >= 15 is 0 Å². The van der Waals surface area contributed by atoms with Crippen LogP contribution in [-0.4, -0.2) is 9.97 Å². The van der Waals surface area contributed by atoms with Crippen LogP contribution in [-0.2, 0) is 18.3 Å². The molecule has 0 saturated carbocycles. The lowest BCUT2D eigenvalue weighted by Crippen LogP contribution is -2.10. The van der Waals surface area contributed by atoms with Gasteiger partial charge in [0, 0.05) is 6.42 Å². The summed E-state index contributed by atoms with van der Waals surface area (Å²) in [6, 6.07) is 26.0. The van der Waals surface area contributed by atoms with Gasteiger partial charge in [-0.15, -0.1) is 0 Å². The Morgan fingerprint density at radius 3 is 2.25 bits per heavy atom. The van der Waals surface area contributed by atoms with Gasteiger partial charge in [0.15, 0.2) is 0 Å². The Morgan fingerprint density at radius 1 is 0.786 bits per heavy atom. The number of rotatable bonds is 5. The number of benzene rings is 3. The van der Waals surface area contributed by atoms with E-state index in [9.17, 15) is 0 Å². The van der Waals surface area contributed by atoms with Crippen molar-refractivity contribution in [3.8, 4) is 11.1 Å². The average molecular weight is 369 g/mol. The number of imidazole rings is 1. The van der Waals surface area contributed by atoms with Gasteiger partial charge >= 0.3 is 0 Å². The van der Waals surface area contributed by atoms with Gasteiger partial charge in [-0.05, 0) is 52.6 Å². The third kappa shape index (κ3) is 4.17. The summed E-state index contributed by atoms with van der Waals surface area (Å²) in [5.74, 6) is 1.08. The van der Waals surface area contributed by atoms with Gasteiger partial charge in [0.1, 0.15) is 5.82 Å². The van der Waals surface area contributed by atoms with Crippen molar-refractivity contribution in [2.24, 2.45) is 0 Å². The second-order valence-corrected chi connectivity index (χ2v) is 8.58. The first-order valence-corrected chi connectivity index (χ1v) is 10.1. The molecule has 142 valence electrons.